The standard InChI is InChI=1S/C31H46N3O5/c1-5-21(3)30(34-31(38)25(32)19-22-20-33-26-15-12-11-14-24(22)26)28(37)17-18-29(39-4)27(36)16-10-8-7-9-13-23(35)6-2/h11-12,14-15,20-21,25,30,33H,5-10,13,16-19,32H2,1-4H3,(H,34,38)/t21-,25-,30-/m0/s1. The van der Waals surface area contributed by atoms with Crippen molar-refractivity contribution in [1.29, 1.82) is 0 Å². The molecule has 0 unspecified atom stereocenters. The average molecular weight is 541 g/mol. The van der Waals surface area contributed by atoms with Crippen LogP contribution in [0.25, 0.3) is 10.9 Å². The molecule has 4 N–H and O–H groups in total. The van der Waals surface area contributed by atoms with Gasteiger partial charge in [0.25, 0.3) is 0 Å². The molecule has 2 rings (SSSR count). The Bertz CT molecular complexity index is 1080. The van der Waals surface area contributed by atoms with E-state index in [1.54, 1.807) is 0 Å². The fourth-order valence-electron chi connectivity index (χ4n) is 4.69. The molecule has 0 fully saturated rings. The molecule has 0 bridgehead atoms. The Hall–Kier alpha value is -2.84. The van der Waals surface area contributed by atoms with Crippen LogP contribution in [0.3, 0.4) is 0 Å². The number of fused-ring (bicyclic) bond motifs is 1. The molecule has 8 nitrogen and oxygen atoms in total. The fourth-order valence-corrected chi connectivity index (χ4v) is 4.69. The van der Waals surface area contributed by atoms with E-state index < -0.39 is 12.1 Å². The van der Waals surface area contributed by atoms with Gasteiger partial charge in [-0.1, -0.05) is 58.2 Å². The lowest BCUT2D eigenvalue weighted by Crippen LogP contribution is -2.51. The summed E-state index contributed by atoms with van der Waals surface area (Å²) in [4.78, 5) is 53.4. The van der Waals surface area contributed by atoms with Gasteiger partial charge < -0.3 is 20.8 Å². The summed E-state index contributed by atoms with van der Waals surface area (Å²) in [6.45, 7) is 5.76. The predicted octanol–water partition coefficient (Wildman–Crippen LogP) is 4.99. The number of methoxy groups -OCH3 is 1. The monoisotopic (exact) mass is 540 g/mol. The maximum absolute atomic E-state index is 13.2. The quantitative estimate of drug-likeness (QED) is 0.203. The van der Waals surface area contributed by atoms with Gasteiger partial charge in [-0.05, 0) is 43.2 Å². The highest BCUT2D eigenvalue weighted by molar-refractivity contribution is 5.94. The number of hydrogen-bond donors (Lipinski definition) is 3. The minimum atomic E-state index is -0.800. The number of hydrogen-bond acceptors (Lipinski definition) is 6. The molecule has 0 saturated heterocycles. The third-order valence-corrected chi connectivity index (χ3v) is 7.47. The smallest absolute Gasteiger partial charge is 0.237 e. The second kappa shape index (κ2) is 17.0. The van der Waals surface area contributed by atoms with Gasteiger partial charge in [-0.3, -0.25) is 19.2 Å². The number of para-hydroxylation sites is 1. The summed E-state index contributed by atoms with van der Waals surface area (Å²) < 4.78 is 5.33. The Morgan fingerprint density at radius 3 is 2.33 bits per heavy atom. The largest absolute Gasteiger partial charge is 0.367 e. The van der Waals surface area contributed by atoms with Crippen LogP contribution in [0.2, 0.25) is 0 Å². The predicted molar refractivity (Wildman–Crippen MR) is 154 cm³/mol. The second-order valence-corrected chi connectivity index (χ2v) is 10.4. The van der Waals surface area contributed by atoms with Crippen molar-refractivity contribution in [2.75, 3.05) is 7.11 Å². The number of ether oxygens (including phenoxy) is 1. The number of Topliss-reactive ketones (excluding diaryl/α,β-unsaturated/α-hetero) is 3. The van der Waals surface area contributed by atoms with Gasteiger partial charge in [0.05, 0.1) is 12.1 Å². The SMILES string of the molecule is CCC(=O)CCCCCCC(=O)[C](CCC(=O)[C@@H](NC(=O)[C@@H](N)Cc1c[nH]c2ccccc12)[C@@H](C)CC)OC. The highest BCUT2D eigenvalue weighted by Gasteiger charge is 2.29. The van der Waals surface area contributed by atoms with Crippen molar-refractivity contribution in [3.63, 3.8) is 0 Å². The average Bonchev–Trinajstić information content (AvgIpc) is 3.35. The number of benzene rings is 1. The van der Waals surface area contributed by atoms with Crippen molar-refractivity contribution >= 4 is 34.2 Å². The van der Waals surface area contributed by atoms with Crippen LogP contribution in [0.5, 0.6) is 0 Å². The first kappa shape index (κ1) is 32.4. The molecule has 1 heterocycles. The van der Waals surface area contributed by atoms with Crippen LogP contribution in [0.4, 0.5) is 0 Å². The van der Waals surface area contributed by atoms with Crippen LogP contribution in [-0.2, 0) is 30.3 Å². The number of nitrogens with one attached hydrogen (secondary N) is 2. The molecule has 39 heavy (non-hydrogen) atoms. The molecule has 215 valence electrons. The Morgan fingerprint density at radius 2 is 1.67 bits per heavy atom. The minimum Gasteiger partial charge on any atom is -0.367 e. The first-order valence-electron chi connectivity index (χ1n) is 14.3. The summed E-state index contributed by atoms with van der Waals surface area (Å²) in [5.74, 6) is -0.414. The lowest BCUT2D eigenvalue weighted by atomic mass is 9.91. The zero-order valence-corrected chi connectivity index (χ0v) is 24.0. The lowest BCUT2D eigenvalue weighted by Gasteiger charge is -2.25. The molecule has 0 saturated carbocycles. The summed E-state index contributed by atoms with van der Waals surface area (Å²) in [5.41, 5.74) is 8.18. The fraction of sp³-hybridized carbons (Fsp3) is 0.581. The van der Waals surface area contributed by atoms with Gasteiger partial charge in [-0.25, -0.2) is 0 Å². The number of aromatic nitrogens is 1. The zero-order valence-electron chi connectivity index (χ0n) is 24.0. The van der Waals surface area contributed by atoms with E-state index in [9.17, 15) is 19.2 Å². The van der Waals surface area contributed by atoms with Crippen molar-refractivity contribution < 1.29 is 23.9 Å². The van der Waals surface area contributed by atoms with Crippen LogP contribution < -0.4 is 11.1 Å². The van der Waals surface area contributed by atoms with E-state index in [1.165, 1.54) is 7.11 Å². The lowest BCUT2D eigenvalue weighted by molar-refractivity contribution is -0.130. The van der Waals surface area contributed by atoms with E-state index in [-0.39, 0.29) is 48.1 Å². The Balaban J connectivity index is 1.86. The molecule has 1 radical (unpaired) electrons. The van der Waals surface area contributed by atoms with E-state index in [4.69, 9.17) is 10.5 Å². The van der Waals surface area contributed by atoms with Crippen LogP contribution in [-0.4, -0.2) is 47.4 Å². The second-order valence-electron chi connectivity index (χ2n) is 10.4. The van der Waals surface area contributed by atoms with Gasteiger partial charge in [0.15, 0.2) is 17.7 Å². The summed E-state index contributed by atoms with van der Waals surface area (Å²) >= 11 is 0. The first-order chi connectivity index (χ1) is 18.7. The normalized spacial score (nSPS) is 13.8. The van der Waals surface area contributed by atoms with Gasteiger partial charge in [0.2, 0.25) is 5.91 Å². The van der Waals surface area contributed by atoms with Crippen LogP contribution in [0.15, 0.2) is 30.5 Å². The molecule has 8 heteroatoms. The van der Waals surface area contributed by atoms with Gasteiger partial charge in [-0.15, -0.1) is 0 Å². The number of unbranched alkanes of at least 4 members (excludes halogenated alkanes) is 3. The molecule has 1 amide bonds. The summed E-state index contributed by atoms with van der Waals surface area (Å²) in [5, 5.41) is 3.90. The molecule has 1 aromatic carbocycles. The molecule has 0 spiro atoms. The molecule has 2 aromatic rings. The van der Waals surface area contributed by atoms with Gasteiger partial charge >= 0.3 is 0 Å². The Morgan fingerprint density at radius 1 is 0.974 bits per heavy atom. The molecule has 0 aliphatic rings. The van der Waals surface area contributed by atoms with Crippen molar-refractivity contribution in [3.05, 3.63) is 42.1 Å². The topological polar surface area (TPSA) is 131 Å². The first-order valence-corrected chi connectivity index (χ1v) is 14.3. The Labute approximate surface area is 232 Å². The summed E-state index contributed by atoms with van der Waals surface area (Å²) in [7, 11) is 1.45. The number of carbonyl (C=O) groups excluding carboxylic acids is 4. The van der Waals surface area contributed by atoms with E-state index >= 15 is 0 Å². The maximum Gasteiger partial charge on any atom is 0.237 e. The Kier molecular flexibility index (Phi) is 14.1. The van der Waals surface area contributed by atoms with E-state index in [0.29, 0.717) is 32.1 Å². The summed E-state index contributed by atoms with van der Waals surface area (Å²) in [6.07, 6.45) is 8.39. The molecular weight excluding hydrogens is 494 g/mol. The number of nitrogens with two attached hydrogens (primary N) is 1. The molecule has 3 atom stereocenters. The molecule has 1 aromatic heterocycles. The number of ketones is 3. The molecule has 0 aliphatic heterocycles. The maximum atomic E-state index is 13.2. The van der Waals surface area contributed by atoms with Crippen LogP contribution in [0.1, 0.15) is 90.5 Å². The van der Waals surface area contributed by atoms with Crippen molar-refractivity contribution in [2.45, 2.75) is 103 Å². The van der Waals surface area contributed by atoms with Gasteiger partial charge in [0.1, 0.15) is 5.78 Å². The molecular formula is C31H46N3O5. The van der Waals surface area contributed by atoms with Crippen molar-refractivity contribution in [2.24, 2.45) is 11.7 Å². The van der Waals surface area contributed by atoms with Crippen molar-refractivity contribution in [3.8, 4) is 0 Å². The van der Waals surface area contributed by atoms with Gasteiger partial charge in [-0.2, -0.15) is 0 Å². The number of amides is 1. The highest BCUT2D eigenvalue weighted by atomic mass is 16.5. The summed E-state index contributed by atoms with van der Waals surface area (Å²) in [6, 6.07) is 6.35. The van der Waals surface area contributed by atoms with E-state index in [1.807, 2.05) is 51.2 Å². The highest BCUT2D eigenvalue weighted by Crippen LogP contribution is 2.21. The third kappa shape index (κ3) is 10.3. The molecule has 0 aliphatic carbocycles. The number of aromatic amines is 1. The zero-order chi connectivity index (χ0) is 28.8. The third-order valence-electron chi connectivity index (χ3n) is 7.47. The van der Waals surface area contributed by atoms with E-state index in [2.05, 4.69) is 10.3 Å². The number of rotatable bonds is 20. The van der Waals surface area contributed by atoms with Crippen molar-refractivity contribution in [1.82, 2.24) is 10.3 Å². The van der Waals surface area contributed by atoms with Crippen LogP contribution >= 0.6 is 0 Å². The minimum absolute atomic E-state index is 0.0805. The van der Waals surface area contributed by atoms with Gasteiger partial charge in [0, 0.05) is 49.9 Å². The number of carbonyl (C=O) groups is 4. The number of H-pyrrole nitrogens is 1. The van der Waals surface area contributed by atoms with E-state index in [0.717, 1.165) is 42.1 Å². The van der Waals surface area contributed by atoms with Crippen LogP contribution in [0, 0.1) is 12.0 Å².